The number of unbranched alkanes of at least 4 members (excludes halogenated alkanes) is 1. The van der Waals surface area contributed by atoms with Crippen molar-refractivity contribution in [2.24, 2.45) is 5.92 Å². The van der Waals surface area contributed by atoms with E-state index in [-0.39, 0.29) is 0 Å². The zero-order valence-corrected chi connectivity index (χ0v) is 13.2. The average molecular weight is 266 g/mol. The van der Waals surface area contributed by atoms with Gasteiger partial charge in [-0.3, -0.25) is 0 Å². The van der Waals surface area contributed by atoms with Gasteiger partial charge in [-0.25, -0.2) is 0 Å². The molecule has 1 unspecified atom stereocenters. The smallest absolute Gasteiger partial charge is 0.0123 e. The van der Waals surface area contributed by atoms with Crippen LogP contribution in [0, 0.1) is 5.92 Å². The second-order valence-electron chi connectivity index (χ2n) is 6.74. The fraction of sp³-hybridized carbons (Fsp3) is 1.00. The Balaban J connectivity index is 1.64. The Morgan fingerprint density at radius 3 is 2.74 bits per heavy atom. The van der Waals surface area contributed by atoms with E-state index in [0.717, 1.165) is 18.5 Å². The van der Waals surface area contributed by atoms with Crippen molar-refractivity contribution in [3.8, 4) is 0 Å². The van der Waals surface area contributed by atoms with Crippen LogP contribution in [0.25, 0.3) is 0 Å². The van der Waals surface area contributed by atoms with Crippen molar-refractivity contribution in [1.82, 2.24) is 10.2 Å². The molecule has 2 nitrogen and oxygen atoms in total. The number of hydrogen-bond acceptors (Lipinski definition) is 2. The lowest BCUT2D eigenvalue weighted by Gasteiger charge is -2.44. The maximum absolute atomic E-state index is 3.52. The molecule has 3 atom stereocenters. The second-order valence-corrected chi connectivity index (χ2v) is 6.74. The molecule has 0 aromatic heterocycles. The number of piperidine rings is 1. The van der Waals surface area contributed by atoms with Crippen LogP contribution in [0.15, 0.2) is 0 Å². The Hall–Kier alpha value is -0.0800. The molecule has 1 saturated heterocycles. The molecule has 112 valence electrons. The Morgan fingerprint density at radius 2 is 1.89 bits per heavy atom. The Labute approximate surface area is 120 Å². The highest BCUT2D eigenvalue weighted by atomic mass is 15.2. The molecular weight excluding hydrogens is 232 g/mol. The summed E-state index contributed by atoms with van der Waals surface area (Å²) in [5, 5.41) is 3.52. The van der Waals surface area contributed by atoms with Crippen molar-refractivity contribution in [1.29, 1.82) is 0 Å². The van der Waals surface area contributed by atoms with Gasteiger partial charge in [0.15, 0.2) is 0 Å². The van der Waals surface area contributed by atoms with Gasteiger partial charge in [0.2, 0.25) is 0 Å². The van der Waals surface area contributed by atoms with Crippen LogP contribution in [0.4, 0.5) is 0 Å². The molecule has 0 amide bonds. The highest BCUT2D eigenvalue weighted by Crippen LogP contribution is 2.35. The highest BCUT2D eigenvalue weighted by molar-refractivity contribution is 4.87. The van der Waals surface area contributed by atoms with E-state index in [4.69, 9.17) is 0 Å². The summed E-state index contributed by atoms with van der Waals surface area (Å²) >= 11 is 0. The summed E-state index contributed by atoms with van der Waals surface area (Å²) < 4.78 is 0. The van der Waals surface area contributed by atoms with E-state index in [1.165, 1.54) is 70.9 Å². The lowest BCUT2D eigenvalue weighted by Crippen LogP contribution is -2.47. The monoisotopic (exact) mass is 266 g/mol. The zero-order valence-electron chi connectivity index (χ0n) is 13.2. The molecule has 0 aromatic carbocycles. The van der Waals surface area contributed by atoms with Crippen LogP contribution in [0.1, 0.15) is 71.6 Å². The number of rotatable bonds is 7. The van der Waals surface area contributed by atoms with E-state index in [1.807, 2.05) is 0 Å². The summed E-state index contributed by atoms with van der Waals surface area (Å²) in [6.07, 6.45) is 13.1. The van der Waals surface area contributed by atoms with Crippen LogP contribution in [0.5, 0.6) is 0 Å². The molecule has 1 heterocycles. The van der Waals surface area contributed by atoms with Crippen LogP contribution < -0.4 is 5.32 Å². The van der Waals surface area contributed by atoms with Crippen molar-refractivity contribution in [2.45, 2.75) is 83.7 Å². The lowest BCUT2D eigenvalue weighted by atomic mass is 9.78. The Kier molecular flexibility index (Phi) is 6.66. The molecule has 19 heavy (non-hydrogen) atoms. The van der Waals surface area contributed by atoms with Crippen molar-refractivity contribution >= 4 is 0 Å². The molecule has 1 N–H and O–H groups in total. The van der Waals surface area contributed by atoms with E-state index in [2.05, 4.69) is 24.1 Å². The minimum Gasteiger partial charge on any atom is -0.315 e. The second kappa shape index (κ2) is 8.26. The van der Waals surface area contributed by atoms with Gasteiger partial charge < -0.3 is 10.2 Å². The molecule has 0 radical (unpaired) electrons. The number of fused-ring (bicyclic) bond motifs is 1. The van der Waals surface area contributed by atoms with Crippen LogP contribution in [-0.2, 0) is 0 Å². The van der Waals surface area contributed by atoms with Crippen molar-refractivity contribution in [3.63, 3.8) is 0 Å². The third-order valence-corrected chi connectivity index (χ3v) is 5.24. The van der Waals surface area contributed by atoms with Crippen LogP contribution in [0.3, 0.4) is 0 Å². The lowest BCUT2D eigenvalue weighted by molar-refractivity contribution is 0.0594. The highest BCUT2D eigenvalue weighted by Gasteiger charge is 2.32. The van der Waals surface area contributed by atoms with Gasteiger partial charge in [0, 0.05) is 12.1 Å². The van der Waals surface area contributed by atoms with Gasteiger partial charge in [-0.15, -0.1) is 0 Å². The summed E-state index contributed by atoms with van der Waals surface area (Å²) in [7, 11) is 0. The first-order valence-electron chi connectivity index (χ1n) is 8.78. The van der Waals surface area contributed by atoms with Gasteiger partial charge in [0.1, 0.15) is 0 Å². The van der Waals surface area contributed by atoms with Gasteiger partial charge in [-0.05, 0) is 71.0 Å². The van der Waals surface area contributed by atoms with Crippen LogP contribution in [0.2, 0.25) is 0 Å². The van der Waals surface area contributed by atoms with Crippen molar-refractivity contribution in [2.75, 3.05) is 19.6 Å². The van der Waals surface area contributed by atoms with E-state index in [9.17, 15) is 0 Å². The fourth-order valence-corrected chi connectivity index (χ4v) is 4.22. The molecule has 1 aliphatic heterocycles. The van der Waals surface area contributed by atoms with Crippen LogP contribution in [-0.4, -0.2) is 36.6 Å². The maximum atomic E-state index is 3.52. The summed E-state index contributed by atoms with van der Waals surface area (Å²) in [4.78, 5) is 2.84. The van der Waals surface area contributed by atoms with Gasteiger partial charge in [-0.1, -0.05) is 26.2 Å². The number of nitrogens with zero attached hydrogens (tertiary/aromatic N) is 1. The quantitative estimate of drug-likeness (QED) is 0.705. The Morgan fingerprint density at radius 1 is 1.11 bits per heavy atom. The third-order valence-electron chi connectivity index (χ3n) is 5.24. The van der Waals surface area contributed by atoms with Gasteiger partial charge in [-0.2, -0.15) is 0 Å². The molecule has 2 aliphatic rings. The largest absolute Gasteiger partial charge is 0.315 e. The average Bonchev–Trinajstić information content (AvgIpc) is 2.44. The number of hydrogen-bond donors (Lipinski definition) is 1. The van der Waals surface area contributed by atoms with E-state index in [1.54, 1.807) is 0 Å². The van der Waals surface area contributed by atoms with Crippen molar-refractivity contribution < 1.29 is 0 Å². The van der Waals surface area contributed by atoms with E-state index < -0.39 is 0 Å². The molecule has 2 fully saturated rings. The minimum atomic E-state index is 0.703. The van der Waals surface area contributed by atoms with Gasteiger partial charge in [0.05, 0.1) is 0 Å². The first-order chi connectivity index (χ1) is 9.31. The van der Waals surface area contributed by atoms with Crippen molar-refractivity contribution in [3.05, 3.63) is 0 Å². The predicted octanol–water partition coefficient (Wildman–Crippen LogP) is 3.81. The Bertz CT molecular complexity index is 239. The standard InChI is InChI=1S/C17H34N2/c1-3-18-15(2)9-6-7-13-19-14-8-11-16-10-4-5-12-17(16)19/h15-18H,3-14H2,1-2H3/t15?,16-,17-/m1/s1. The summed E-state index contributed by atoms with van der Waals surface area (Å²) in [5.74, 6) is 1.04. The number of likely N-dealkylation sites (tertiary alicyclic amines) is 1. The van der Waals surface area contributed by atoms with E-state index in [0.29, 0.717) is 6.04 Å². The summed E-state index contributed by atoms with van der Waals surface area (Å²) in [6.45, 7) is 8.37. The van der Waals surface area contributed by atoms with E-state index >= 15 is 0 Å². The molecule has 1 aliphatic carbocycles. The maximum Gasteiger partial charge on any atom is 0.0123 e. The first-order valence-corrected chi connectivity index (χ1v) is 8.78. The molecule has 0 bridgehead atoms. The van der Waals surface area contributed by atoms with Gasteiger partial charge >= 0.3 is 0 Å². The molecule has 2 rings (SSSR count). The number of nitrogens with one attached hydrogen (secondary N) is 1. The molecule has 2 heteroatoms. The first kappa shape index (κ1) is 15.3. The third kappa shape index (κ3) is 4.75. The molecule has 0 spiro atoms. The predicted molar refractivity (Wildman–Crippen MR) is 83.5 cm³/mol. The SMILES string of the molecule is CCNC(C)CCCCN1CCC[C@H]2CCCC[C@H]21. The summed E-state index contributed by atoms with van der Waals surface area (Å²) in [6, 6.07) is 1.66. The van der Waals surface area contributed by atoms with Gasteiger partial charge in [0.25, 0.3) is 0 Å². The molecule has 1 saturated carbocycles. The van der Waals surface area contributed by atoms with Crippen LogP contribution >= 0.6 is 0 Å². The minimum absolute atomic E-state index is 0.703. The normalized spacial score (nSPS) is 30.0. The molecule has 0 aromatic rings. The topological polar surface area (TPSA) is 15.3 Å². The molecular formula is C17H34N2. The summed E-state index contributed by atoms with van der Waals surface area (Å²) in [5.41, 5.74) is 0. The zero-order chi connectivity index (χ0) is 13.5. The fourth-order valence-electron chi connectivity index (χ4n) is 4.22.